The van der Waals surface area contributed by atoms with Gasteiger partial charge in [-0.15, -0.1) is 0 Å². The van der Waals surface area contributed by atoms with Crippen molar-refractivity contribution in [3.8, 4) is 11.5 Å². The van der Waals surface area contributed by atoms with Crippen molar-refractivity contribution in [3.63, 3.8) is 0 Å². The lowest BCUT2D eigenvalue weighted by Crippen LogP contribution is -2.39. The second kappa shape index (κ2) is 8.16. The molecule has 1 saturated heterocycles. The third-order valence-corrected chi connectivity index (χ3v) is 7.33. The van der Waals surface area contributed by atoms with Gasteiger partial charge >= 0.3 is 0 Å². The molecule has 6 rings (SSSR count). The molecule has 2 fully saturated rings. The van der Waals surface area contributed by atoms with Gasteiger partial charge in [0.25, 0.3) is 11.4 Å². The van der Waals surface area contributed by atoms with Crippen LogP contribution in [-0.4, -0.2) is 66.9 Å². The number of hydrogen-bond donors (Lipinski definition) is 1. The van der Waals surface area contributed by atoms with Crippen molar-refractivity contribution < 1.29 is 14.4 Å². The molecule has 0 radical (unpaired) electrons. The number of nitrogens with zero attached hydrogens (tertiary/aromatic N) is 6. The van der Waals surface area contributed by atoms with Crippen molar-refractivity contribution >= 4 is 28.2 Å². The molecule has 3 aromatic heterocycles. The Morgan fingerprint density at radius 1 is 1.24 bits per heavy atom. The van der Waals surface area contributed by atoms with Gasteiger partial charge in [0.2, 0.25) is 5.82 Å². The van der Waals surface area contributed by atoms with Crippen LogP contribution in [0.1, 0.15) is 31.6 Å². The molecule has 10 nitrogen and oxygen atoms in total. The van der Waals surface area contributed by atoms with Crippen LogP contribution in [0.15, 0.2) is 33.8 Å². The number of methoxy groups -OCH3 is 1. The molecule has 0 spiro atoms. The summed E-state index contributed by atoms with van der Waals surface area (Å²) in [7, 11) is 1.63. The Hall–Kier alpha value is -2.79. The van der Waals surface area contributed by atoms with Gasteiger partial charge < -0.3 is 23.8 Å². The summed E-state index contributed by atoms with van der Waals surface area (Å²) < 4.78 is 14.5. The number of hydrogen-bond acceptors (Lipinski definition) is 8. The SMILES string of the molecule is COC1(c2nc(-c3ncn4c3c(=O)n(CCN3CCC(O)CC3)c3c(Cl)cccc34)no2)CC1. The van der Waals surface area contributed by atoms with Crippen molar-refractivity contribution in [1.82, 2.24) is 29.0 Å². The fraction of sp³-hybridized carbons (Fsp3) is 0.478. The van der Waals surface area contributed by atoms with E-state index in [1.165, 1.54) is 0 Å². The standard InChI is InChI=1S/C23H25ClN6O4/c1-33-23(7-8-23)22-26-20(27-34-22)17-19-21(32)29(12-11-28-9-5-14(31)6-10-28)18-15(24)3-2-4-16(18)30(19)13-25-17/h2-4,13-14,31H,5-12H2,1H3. The number of fused-ring (bicyclic) bond motifs is 3. The van der Waals surface area contributed by atoms with E-state index in [1.807, 2.05) is 12.1 Å². The minimum Gasteiger partial charge on any atom is -0.393 e. The van der Waals surface area contributed by atoms with Gasteiger partial charge in [-0.1, -0.05) is 22.8 Å². The van der Waals surface area contributed by atoms with Gasteiger partial charge in [-0.05, 0) is 37.8 Å². The number of piperidine rings is 1. The highest BCUT2D eigenvalue weighted by Crippen LogP contribution is 2.48. The molecule has 1 aliphatic carbocycles. The highest BCUT2D eigenvalue weighted by molar-refractivity contribution is 6.35. The number of aromatic nitrogens is 5. The second-order valence-corrected chi connectivity index (χ2v) is 9.48. The summed E-state index contributed by atoms with van der Waals surface area (Å²) in [6, 6.07) is 5.55. The summed E-state index contributed by atoms with van der Waals surface area (Å²) in [5.74, 6) is 0.665. The number of imidazole rings is 1. The molecule has 1 aromatic carbocycles. The monoisotopic (exact) mass is 484 g/mol. The summed E-state index contributed by atoms with van der Waals surface area (Å²) in [6.07, 6.45) is 4.47. The average Bonchev–Trinajstić information content (AvgIpc) is 3.26. The van der Waals surface area contributed by atoms with Crippen LogP contribution in [0.3, 0.4) is 0 Å². The van der Waals surface area contributed by atoms with E-state index in [0.717, 1.165) is 44.3 Å². The molecule has 4 heterocycles. The zero-order chi connectivity index (χ0) is 23.4. The summed E-state index contributed by atoms with van der Waals surface area (Å²) >= 11 is 6.58. The molecule has 1 N–H and O–H groups in total. The molecule has 34 heavy (non-hydrogen) atoms. The first-order valence-electron chi connectivity index (χ1n) is 11.5. The zero-order valence-electron chi connectivity index (χ0n) is 18.8. The fourth-order valence-electron chi connectivity index (χ4n) is 4.82. The van der Waals surface area contributed by atoms with Crippen molar-refractivity contribution in [3.05, 3.63) is 45.8 Å². The Balaban J connectivity index is 1.46. The van der Waals surface area contributed by atoms with Gasteiger partial charge in [-0.25, -0.2) is 4.98 Å². The molecular formula is C23H25ClN6O4. The molecule has 2 aliphatic rings. The quantitative estimate of drug-likeness (QED) is 0.444. The van der Waals surface area contributed by atoms with Gasteiger partial charge in [-0.2, -0.15) is 4.98 Å². The fourth-order valence-corrected chi connectivity index (χ4v) is 5.09. The Morgan fingerprint density at radius 3 is 2.76 bits per heavy atom. The molecular weight excluding hydrogens is 460 g/mol. The number of rotatable bonds is 6. The predicted molar refractivity (Wildman–Crippen MR) is 125 cm³/mol. The van der Waals surface area contributed by atoms with Gasteiger partial charge in [0.1, 0.15) is 23.1 Å². The van der Waals surface area contributed by atoms with E-state index in [0.29, 0.717) is 40.7 Å². The maximum absolute atomic E-state index is 13.8. The first kappa shape index (κ1) is 21.7. The van der Waals surface area contributed by atoms with Crippen molar-refractivity contribution in [2.24, 2.45) is 0 Å². The summed E-state index contributed by atoms with van der Waals surface area (Å²) in [6.45, 7) is 2.74. The van der Waals surface area contributed by atoms with Crippen molar-refractivity contribution in [2.75, 3.05) is 26.7 Å². The Morgan fingerprint density at radius 2 is 2.03 bits per heavy atom. The first-order chi connectivity index (χ1) is 16.5. The van der Waals surface area contributed by atoms with Crippen LogP contribution < -0.4 is 5.56 Å². The van der Waals surface area contributed by atoms with Crippen LogP contribution in [0.5, 0.6) is 0 Å². The van der Waals surface area contributed by atoms with Gasteiger partial charge in [0.05, 0.1) is 22.2 Å². The Kier molecular flexibility index (Phi) is 5.21. The maximum Gasteiger partial charge on any atom is 0.277 e. The molecule has 1 aliphatic heterocycles. The van der Waals surface area contributed by atoms with Gasteiger partial charge in [0, 0.05) is 33.3 Å². The van der Waals surface area contributed by atoms with Crippen molar-refractivity contribution in [1.29, 1.82) is 0 Å². The minimum absolute atomic E-state index is 0.218. The average molecular weight is 485 g/mol. The number of para-hydroxylation sites is 1. The summed E-state index contributed by atoms with van der Waals surface area (Å²) in [5, 5.41) is 14.4. The molecule has 0 unspecified atom stereocenters. The molecule has 0 bridgehead atoms. The Bertz CT molecular complexity index is 1430. The third kappa shape index (κ3) is 3.44. The zero-order valence-corrected chi connectivity index (χ0v) is 19.5. The number of benzene rings is 1. The first-order valence-corrected chi connectivity index (χ1v) is 11.9. The van der Waals surface area contributed by atoms with Crippen LogP contribution >= 0.6 is 11.6 Å². The highest BCUT2D eigenvalue weighted by atomic mass is 35.5. The van der Waals surface area contributed by atoms with E-state index in [9.17, 15) is 9.90 Å². The van der Waals surface area contributed by atoms with Crippen LogP contribution in [0.4, 0.5) is 0 Å². The van der Waals surface area contributed by atoms with Gasteiger partial charge in [-0.3, -0.25) is 9.20 Å². The number of ether oxygens (including phenoxy) is 1. The van der Waals surface area contributed by atoms with Crippen LogP contribution in [0, 0.1) is 0 Å². The molecule has 1 saturated carbocycles. The normalized spacial score (nSPS) is 18.8. The highest BCUT2D eigenvalue weighted by Gasteiger charge is 2.50. The van der Waals surface area contributed by atoms with Crippen LogP contribution in [0.2, 0.25) is 5.02 Å². The summed E-state index contributed by atoms with van der Waals surface area (Å²) in [4.78, 5) is 25.1. The lowest BCUT2D eigenvalue weighted by Gasteiger charge is -2.29. The third-order valence-electron chi connectivity index (χ3n) is 7.03. The van der Waals surface area contributed by atoms with E-state index in [2.05, 4.69) is 20.0 Å². The predicted octanol–water partition coefficient (Wildman–Crippen LogP) is 2.44. The molecule has 178 valence electrons. The molecule has 0 amide bonds. The lowest BCUT2D eigenvalue weighted by atomic mass is 10.1. The van der Waals surface area contributed by atoms with E-state index in [1.54, 1.807) is 28.5 Å². The minimum atomic E-state index is -0.525. The van der Waals surface area contributed by atoms with E-state index in [4.69, 9.17) is 20.9 Å². The number of likely N-dealkylation sites (tertiary alicyclic amines) is 1. The van der Waals surface area contributed by atoms with E-state index >= 15 is 0 Å². The largest absolute Gasteiger partial charge is 0.393 e. The molecule has 4 aromatic rings. The number of aliphatic hydroxyl groups is 1. The Labute approximate surface area is 199 Å². The van der Waals surface area contributed by atoms with E-state index < -0.39 is 5.60 Å². The van der Waals surface area contributed by atoms with E-state index in [-0.39, 0.29) is 17.5 Å². The molecule has 11 heteroatoms. The maximum atomic E-state index is 13.8. The lowest BCUT2D eigenvalue weighted by molar-refractivity contribution is 0.0492. The van der Waals surface area contributed by atoms with Crippen LogP contribution in [-0.2, 0) is 16.9 Å². The number of aliphatic hydroxyl groups excluding tert-OH is 1. The summed E-state index contributed by atoms with van der Waals surface area (Å²) in [5.41, 5.74) is 1.43. The second-order valence-electron chi connectivity index (χ2n) is 9.07. The van der Waals surface area contributed by atoms with Gasteiger partial charge in [0.15, 0.2) is 0 Å². The topological polar surface area (TPSA) is 111 Å². The van der Waals surface area contributed by atoms with Crippen LogP contribution in [0.25, 0.3) is 28.1 Å². The van der Waals surface area contributed by atoms with Crippen molar-refractivity contribution in [2.45, 2.75) is 43.9 Å². The molecule has 0 atom stereocenters. The smallest absolute Gasteiger partial charge is 0.277 e. The number of halogens is 1.